The minimum Gasteiger partial charge on any atom is -0.504 e. The van der Waals surface area contributed by atoms with Gasteiger partial charge >= 0.3 is 0 Å². The molecule has 1 heterocycles. The van der Waals surface area contributed by atoms with E-state index in [1.54, 1.807) is 24.3 Å². The first kappa shape index (κ1) is 42.8. The molecule has 1 aromatic heterocycles. The molecule has 0 saturated heterocycles. The van der Waals surface area contributed by atoms with Gasteiger partial charge in [-0.2, -0.15) is 0 Å². The van der Waals surface area contributed by atoms with Crippen LogP contribution in [-0.4, -0.2) is 45.4 Å². The highest BCUT2D eigenvalue weighted by atomic mass is 16.4. The average molecular weight is 919 g/mol. The Balaban J connectivity index is 1.02. The second-order valence-electron chi connectivity index (χ2n) is 16.9. The van der Waals surface area contributed by atoms with Gasteiger partial charge in [0.15, 0.2) is 23.0 Å². The zero-order valence-corrected chi connectivity index (χ0v) is 37.1. The van der Waals surface area contributed by atoms with Gasteiger partial charge in [-0.25, -0.2) is 0 Å². The van der Waals surface area contributed by atoms with Crippen LogP contribution >= 0.6 is 0 Å². The maximum absolute atomic E-state index is 11.3. The first-order chi connectivity index (χ1) is 34.1. The minimum atomic E-state index is -1.09. The molecule has 0 bridgehead atoms. The smallest absolute Gasteiger partial charge is 0.206 e. The molecule has 0 saturated carbocycles. The summed E-state index contributed by atoms with van der Waals surface area (Å²) < 4.78 is 1.23. The molecular formula is C60H42N2O8. The number of aromatic hydroxyl groups is 8. The Bertz CT molecular complexity index is 3690. The van der Waals surface area contributed by atoms with Crippen molar-refractivity contribution in [1.82, 2.24) is 4.57 Å². The molecule has 0 fully saturated rings. The molecule has 0 radical (unpaired) electrons. The average Bonchev–Trinajstić information content (AvgIpc) is 3.78. The minimum absolute atomic E-state index is 0.269. The Kier molecular flexibility index (Phi) is 10.5. The van der Waals surface area contributed by atoms with Gasteiger partial charge in [0.25, 0.3) is 0 Å². The first-order valence-electron chi connectivity index (χ1n) is 22.4. The van der Waals surface area contributed by atoms with E-state index in [-0.39, 0.29) is 16.7 Å². The molecule has 10 nitrogen and oxygen atoms in total. The van der Waals surface area contributed by atoms with Crippen LogP contribution in [0.2, 0.25) is 0 Å². The number of para-hydroxylation sites is 1. The summed E-state index contributed by atoms with van der Waals surface area (Å²) in [5, 5.41) is 86.7. The summed E-state index contributed by atoms with van der Waals surface area (Å²) in [7, 11) is 0. The SMILES string of the molecule is Oc1c(O)c(O)c2c(c1O)c1c(O)c(O)c(O)c(O)c1n2-c1ccccc1-c1ccc(N(c2ccc(-c3ccccc3)cc2)c2ccc(-c3ccc(-c4ccccc4)c(-c4ccccc4)c3)cc2)cc1. The number of hydrogen-bond acceptors (Lipinski definition) is 9. The zero-order valence-electron chi connectivity index (χ0n) is 37.1. The summed E-state index contributed by atoms with van der Waals surface area (Å²) in [4.78, 5) is 2.15. The Morgan fingerprint density at radius 3 is 1.09 bits per heavy atom. The summed E-state index contributed by atoms with van der Waals surface area (Å²) in [6, 6.07) is 69.0. The number of hydrogen-bond donors (Lipinski definition) is 8. The fourth-order valence-electron chi connectivity index (χ4n) is 9.47. The van der Waals surface area contributed by atoms with Crippen LogP contribution in [0.1, 0.15) is 0 Å². The normalized spacial score (nSPS) is 11.3. The maximum atomic E-state index is 11.3. The summed E-state index contributed by atoms with van der Waals surface area (Å²) in [5.74, 6) is -8.00. The van der Waals surface area contributed by atoms with E-state index in [2.05, 4.69) is 132 Å². The van der Waals surface area contributed by atoms with E-state index in [0.717, 1.165) is 61.6 Å². The largest absolute Gasteiger partial charge is 0.504 e. The van der Waals surface area contributed by atoms with Gasteiger partial charge in [-0.3, -0.25) is 0 Å². The molecule has 0 aliphatic rings. The fourth-order valence-corrected chi connectivity index (χ4v) is 9.47. The second-order valence-corrected chi connectivity index (χ2v) is 16.9. The number of phenolic OH excluding ortho intramolecular Hbond substituents is 8. The van der Waals surface area contributed by atoms with Gasteiger partial charge in [0.2, 0.25) is 23.0 Å². The highest BCUT2D eigenvalue weighted by Crippen LogP contribution is 2.59. The van der Waals surface area contributed by atoms with E-state index in [4.69, 9.17) is 0 Å². The van der Waals surface area contributed by atoms with Crippen LogP contribution in [-0.2, 0) is 0 Å². The molecule has 340 valence electrons. The Labute approximate surface area is 401 Å². The van der Waals surface area contributed by atoms with E-state index in [1.165, 1.54) is 4.57 Å². The predicted octanol–water partition coefficient (Wildman–Crippen LogP) is 14.2. The predicted molar refractivity (Wildman–Crippen MR) is 276 cm³/mol. The molecule has 70 heavy (non-hydrogen) atoms. The van der Waals surface area contributed by atoms with Crippen molar-refractivity contribution in [3.05, 3.63) is 206 Å². The highest BCUT2D eigenvalue weighted by molar-refractivity contribution is 6.21. The van der Waals surface area contributed by atoms with Gasteiger partial charge in [0, 0.05) is 22.6 Å². The lowest BCUT2D eigenvalue weighted by Crippen LogP contribution is -2.09. The van der Waals surface area contributed by atoms with E-state index in [1.807, 2.05) is 54.6 Å². The van der Waals surface area contributed by atoms with Gasteiger partial charge in [0.05, 0.1) is 16.5 Å². The summed E-state index contributed by atoms with van der Waals surface area (Å²) in [5.41, 5.74) is 12.2. The highest BCUT2D eigenvalue weighted by Gasteiger charge is 2.32. The van der Waals surface area contributed by atoms with E-state index in [9.17, 15) is 40.9 Å². The lowest BCUT2D eigenvalue weighted by molar-refractivity contribution is 0.350. The molecule has 11 rings (SSSR count). The van der Waals surface area contributed by atoms with Gasteiger partial charge < -0.3 is 50.3 Å². The molecule has 0 aliphatic heterocycles. The number of benzene rings is 10. The number of rotatable bonds is 9. The monoisotopic (exact) mass is 918 g/mol. The summed E-state index contributed by atoms with van der Waals surface area (Å²) in [6.45, 7) is 0. The van der Waals surface area contributed by atoms with Crippen molar-refractivity contribution in [3.63, 3.8) is 0 Å². The zero-order chi connectivity index (χ0) is 48.2. The Morgan fingerprint density at radius 1 is 0.257 bits per heavy atom. The molecule has 0 amide bonds. The topological polar surface area (TPSA) is 170 Å². The molecule has 0 spiro atoms. The Morgan fingerprint density at radius 2 is 0.600 bits per heavy atom. The number of nitrogens with zero attached hydrogens (tertiary/aromatic N) is 2. The van der Waals surface area contributed by atoms with Gasteiger partial charge in [-0.1, -0.05) is 158 Å². The summed E-state index contributed by atoms with van der Waals surface area (Å²) >= 11 is 0. The number of phenols is 8. The standard InChI is InChI=1S/C60H42N2O8/c63-53-49-50-52(56(66)60(70)58(68)54(50)64)62(51(49)55(65)59(69)57(53)67)48-19-11-10-18-46(48)40-24-31-44(32-25-40)61(42-27-20-36(21-28-42)35-12-4-1-5-13-35)43-29-22-37(23-30-43)41-26-33-45(38-14-6-2-7-15-38)47(34-41)39-16-8-3-9-17-39/h1-34,63-70H. The van der Waals surface area contributed by atoms with Crippen LogP contribution in [0.15, 0.2) is 206 Å². The second kappa shape index (κ2) is 17.1. The molecule has 10 heteroatoms. The molecule has 10 aromatic carbocycles. The van der Waals surface area contributed by atoms with Crippen LogP contribution in [0.25, 0.3) is 83.1 Å². The number of aromatic nitrogens is 1. The van der Waals surface area contributed by atoms with Gasteiger partial charge in [0.1, 0.15) is 11.0 Å². The van der Waals surface area contributed by atoms with Crippen molar-refractivity contribution in [2.24, 2.45) is 0 Å². The summed E-state index contributed by atoms with van der Waals surface area (Å²) in [6.07, 6.45) is 0. The number of fused-ring (bicyclic) bond motifs is 3. The lowest BCUT2D eigenvalue weighted by Gasteiger charge is -2.26. The third-order valence-electron chi connectivity index (χ3n) is 12.9. The van der Waals surface area contributed by atoms with Crippen LogP contribution in [0.3, 0.4) is 0 Å². The molecule has 8 N–H and O–H groups in total. The first-order valence-corrected chi connectivity index (χ1v) is 22.4. The van der Waals surface area contributed by atoms with Crippen molar-refractivity contribution in [3.8, 4) is 107 Å². The van der Waals surface area contributed by atoms with Gasteiger partial charge in [-0.15, -0.1) is 0 Å². The maximum Gasteiger partial charge on any atom is 0.206 e. The van der Waals surface area contributed by atoms with Crippen molar-refractivity contribution in [2.45, 2.75) is 0 Å². The molecule has 0 unspecified atom stereocenters. The molecule has 11 aromatic rings. The van der Waals surface area contributed by atoms with Crippen LogP contribution in [0, 0.1) is 0 Å². The van der Waals surface area contributed by atoms with Crippen LogP contribution in [0.5, 0.6) is 46.0 Å². The Hall–Kier alpha value is -9.80. The van der Waals surface area contributed by atoms with Gasteiger partial charge in [-0.05, 0) is 98.6 Å². The van der Waals surface area contributed by atoms with Crippen molar-refractivity contribution >= 4 is 38.9 Å². The van der Waals surface area contributed by atoms with E-state index < -0.39 is 56.8 Å². The number of anilines is 3. The molecule has 0 aliphatic carbocycles. The molecule has 0 atom stereocenters. The third kappa shape index (κ3) is 7.06. The van der Waals surface area contributed by atoms with E-state index in [0.29, 0.717) is 11.1 Å². The lowest BCUT2D eigenvalue weighted by atomic mass is 9.91. The van der Waals surface area contributed by atoms with Crippen LogP contribution < -0.4 is 4.90 Å². The van der Waals surface area contributed by atoms with E-state index >= 15 is 0 Å². The van der Waals surface area contributed by atoms with Crippen molar-refractivity contribution in [1.29, 1.82) is 0 Å². The quantitative estimate of drug-likeness (QED) is 0.0519. The van der Waals surface area contributed by atoms with Crippen molar-refractivity contribution in [2.75, 3.05) is 4.90 Å². The molecular weight excluding hydrogens is 877 g/mol. The van der Waals surface area contributed by atoms with Crippen molar-refractivity contribution < 1.29 is 40.9 Å². The third-order valence-corrected chi connectivity index (χ3v) is 12.9. The van der Waals surface area contributed by atoms with Crippen LogP contribution in [0.4, 0.5) is 17.1 Å². The fraction of sp³-hybridized carbons (Fsp3) is 0.